The number of allylic oxidation sites excluding steroid dienone is 1. The summed E-state index contributed by atoms with van der Waals surface area (Å²) in [6.45, 7) is 1.97. The summed E-state index contributed by atoms with van der Waals surface area (Å²) in [5.41, 5.74) is 3.20. The van der Waals surface area contributed by atoms with Gasteiger partial charge < -0.3 is 4.74 Å². The largest absolute Gasteiger partial charge is 0.466 e. The molecule has 2 aromatic carbocycles. The van der Waals surface area contributed by atoms with E-state index in [1.165, 1.54) is 19.3 Å². The summed E-state index contributed by atoms with van der Waals surface area (Å²) < 4.78 is 18.4. The second-order valence-electron chi connectivity index (χ2n) is 4.60. The summed E-state index contributed by atoms with van der Waals surface area (Å²) in [5.74, 6) is -0.615. The number of carbonyl (C=O) groups is 1. The third-order valence-corrected chi connectivity index (χ3v) is 3.31. The van der Waals surface area contributed by atoms with Gasteiger partial charge in [0.15, 0.2) is 0 Å². The maximum atomic E-state index is 13.7. The number of hydrogen-bond donors (Lipinski definition) is 0. The second-order valence-corrected chi connectivity index (χ2v) is 4.60. The van der Waals surface area contributed by atoms with Crippen LogP contribution >= 0.6 is 0 Å². The number of carbonyl (C=O) groups excluding carboxylic acids is 1. The van der Waals surface area contributed by atoms with E-state index >= 15 is 0 Å². The fourth-order valence-electron chi connectivity index (χ4n) is 2.15. The molecule has 0 fully saturated rings. The van der Waals surface area contributed by atoms with Crippen molar-refractivity contribution in [3.8, 4) is 11.1 Å². The van der Waals surface area contributed by atoms with Crippen LogP contribution in [0.4, 0.5) is 4.39 Å². The van der Waals surface area contributed by atoms with Crippen molar-refractivity contribution in [3.63, 3.8) is 0 Å². The molecule has 3 heteroatoms. The molecule has 2 rings (SSSR count). The first-order valence-electron chi connectivity index (χ1n) is 6.79. The maximum absolute atomic E-state index is 13.7. The van der Waals surface area contributed by atoms with E-state index in [4.69, 9.17) is 0 Å². The number of methoxy groups -OCH3 is 1. The summed E-state index contributed by atoms with van der Waals surface area (Å²) in [5, 5.41) is 0. The molecule has 0 atom stereocenters. The van der Waals surface area contributed by atoms with Crippen molar-refractivity contribution in [3.05, 3.63) is 66.0 Å². The number of benzene rings is 2. The minimum absolute atomic E-state index is 0.244. The molecule has 0 N–H and O–H groups in total. The Hall–Kier alpha value is -2.42. The van der Waals surface area contributed by atoms with Gasteiger partial charge in [-0.3, -0.25) is 0 Å². The molecule has 0 saturated heterocycles. The quantitative estimate of drug-likeness (QED) is 0.612. The van der Waals surface area contributed by atoms with Crippen molar-refractivity contribution in [2.75, 3.05) is 7.11 Å². The van der Waals surface area contributed by atoms with Gasteiger partial charge in [0.2, 0.25) is 0 Å². The van der Waals surface area contributed by atoms with Gasteiger partial charge in [0.1, 0.15) is 5.82 Å². The first-order valence-corrected chi connectivity index (χ1v) is 6.79. The third-order valence-electron chi connectivity index (χ3n) is 3.31. The number of rotatable bonds is 4. The Bertz CT molecular complexity index is 657. The van der Waals surface area contributed by atoms with Gasteiger partial charge in [-0.1, -0.05) is 49.4 Å². The molecular weight excluding hydrogens is 267 g/mol. The summed E-state index contributed by atoms with van der Waals surface area (Å²) >= 11 is 0. The van der Waals surface area contributed by atoms with Gasteiger partial charge in [0.05, 0.1) is 7.11 Å². The van der Waals surface area contributed by atoms with Crippen LogP contribution in [-0.4, -0.2) is 13.1 Å². The molecule has 0 heterocycles. The van der Waals surface area contributed by atoms with E-state index in [0.29, 0.717) is 12.0 Å². The smallest absolute Gasteiger partial charge is 0.330 e. The molecule has 2 nitrogen and oxygen atoms in total. The fourth-order valence-corrected chi connectivity index (χ4v) is 2.15. The molecule has 0 spiro atoms. The molecule has 0 aliphatic rings. The predicted molar refractivity (Wildman–Crippen MR) is 82.1 cm³/mol. The Morgan fingerprint density at radius 3 is 2.38 bits per heavy atom. The molecule has 0 radical (unpaired) electrons. The average Bonchev–Trinajstić information content (AvgIpc) is 2.53. The Morgan fingerprint density at radius 1 is 1.14 bits per heavy atom. The molecule has 0 aromatic heterocycles. The molecule has 0 aliphatic carbocycles. The lowest BCUT2D eigenvalue weighted by Gasteiger charge is -2.07. The van der Waals surface area contributed by atoms with Crippen LogP contribution in [0.15, 0.2) is 54.6 Å². The molecule has 21 heavy (non-hydrogen) atoms. The Morgan fingerprint density at radius 2 is 1.81 bits per heavy atom. The van der Waals surface area contributed by atoms with Crippen LogP contribution in [0.3, 0.4) is 0 Å². The average molecular weight is 284 g/mol. The molecule has 0 bridgehead atoms. The standard InChI is InChI=1S/C18H17FO2/c1-3-13(12-18(20)21-2)14-8-10-15(11-9-14)16-6-4-5-7-17(16)19/h4-12H,3H2,1-2H3/b13-12+. The van der Waals surface area contributed by atoms with Gasteiger partial charge in [-0.25, -0.2) is 9.18 Å². The van der Waals surface area contributed by atoms with Crippen LogP contribution < -0.4 is 0 Å². The van der Waals surface area contributed by atoms with Crippen molar-refractivity contribution >= 4 is 11.5 Å². The minimum atomic E-state index is -0.370. The minimum Gasteiger partial charge on any atom is -0.466 e. The Balaban J connectivity index is 2.33. The van der Waals surface area contributed by atoms with E-state index in [-0.39, 0.29) is 11.8 Å². The predicted octanol–water partition coefficient (Wildman–Crippen LogP) is 4.46. The number of esters is 1. The van der Waals surface area contributed by atoms with Gasteiger partial charge in [0, 0.05) is 11.6 Å². The number of hydrogen-bond acceptors (Lipinski definition) is 2. The van der Waals surface area contributed by atoms with Crippen LogP contribution in [-0.2, 0) is 9.53 Å². The Kier molecular flexibility index (Phi) is 4.88. The van der Waals surface area contributed by atoms with E-state index in [1.807, 2.05) is 31.2 Å². The monoisotopic (exact) mass is 284 g/mol. The third kappa shape index (κ3) is 3.57. The second kappa shape index (κ2) is 6.84. The summed E-state index contributed by atoms with van der Waals surface area (Å²) in [4.78, 5) is 11.3. The van der Waals surface area contributed by atoms with Crippen LogP contribution in [0.5, 0.6) is 0 Å². The lowest BCUT2D eigenvalue weighted by atomic mass is 9.98. The molecule has 0 saturated carbocycles. The molecule has 2 aromatic rings. The van der Waals surface area contributed by atoms with Crippen LogP contribution in [0.2, 0.25) is 0 Å². The zero-order chi connectivity index (χ0) is 15.2. The van der Waals surface area contributed by atoms with Gasteiger partial charge in [-0.2, -0.15) is 0 Å². The van der Waals surface area contributed by atoms with Crippen LogP contribution in [0.25, 0.3) is 16.7 Å². The molecule has 108 valence electrons. The first-order chi connectivity index (χ1) is 10.2. The highest BCUT2D eigenvalue weighted by Crippen LogP contribution is 2.25. The van der Waals surface area contributed by atoms with Gasteiger partial charge in [-0.15, -0.1) is 0 Å². The van der Waals surface area contributed by atoms with Crippen molar-refractivity contribution < 1.29 is 13.9 Å². The van der Waals surface area contributed by atoms with Crippen molar-refractivity contribution in [2.24, 2.45) is 0 Å². The lowest BCUT2D eigenvalue weighted by Crippen LogP contribution is -1.97. The highest BCUT2D eigenvalue weighted by atomic mass is 19.1. The highest BCUT2D eigenvalue weighted by Gasteiger charge is 2.06. The highest BCUT2D eigenvalue weighted by molar-refractivity contribution is 5.91. The zero-order valence-electron chi connectivity index (χ0n) is 12.1. The SMILES string of the molecule is CC/C(=C\C(=O)OC)c1ccc(-c2ccccc2F)cc1. The van der Waals surface area contributed by atoms with Gasteiger partial charge >= 0.3 is 5.97 Å². The Labute approximate surface area is 123 Å². The number of halogens is 1. The van der Waals surface area contributed by atoms with Crippen molar-refractivity contribution in [2.45, 2.75) is 13.3 Å². The van der Waals surface area contributed by atoms with Gasteiger partial charge in [0.25, 0.3) is 0 Å². The van der Waals surface area contributed by atoms with E-state index < -0.39 is 0 Å². The van der Waals surface area contributed by atoms with Crippen molar-refractivity contribution in [1.29, 1.82) is 0 Å². The maximum Gasteiger partial charge on any atom is 0.330 e. The molecular formula is C18H17FO2. The van der Waals surface area contributed by atoms with E-state index in [2.05, 4.69) is 4.74 Å². The van der Waals surface area contributed by atoms with Crippen molar-refractivity contribution in [1.82, 2.24) is 0 Å². The van der Waals surface area contributed by atoms with E-state index in [9.17, 15) is 9.18 Å². The first kappa shape index (κ1) is 15.0. The van der Waals surface area contributed by atoms with E-state index in [0.717, 1.165) is 16.7 Å². The normalized spacial score (nSPS) is 11.3. The lowest BCUT2D eigenvalue weighted by molar-refractivity contribution is -0.134. The molecule has 0 unspecified atom stereocenters. The zero-order valence-corrected chi connectivity index (χ0v) is 12.1. The van der Waals surface area contributed by atoms with Gasteiger partial charge in [-0.05, 0) is 29.2 Å². The van der Waals surface area contributed by atoms with Crippen LogP contribution in [0.1, 0.15) is 18.9 Å². The van der Waals surface area contributed by atoms with E-state index in [1.54, 1.807) is 18.2 Å². The molecule has 0 amide bonds. The number of ether oxygens (including phenoxy) is 1. The van der Waals surface area contributed by atoms with Crippen LogP contribution in [0, 0.1) is 5.82 Å². The molecule has 0 aliphatic heterocycles. The topological polar surface area (TPSA) is 26.3 Å². The summed E-state index contributed by atoms with van der Waals surface area (Å²) in [7, 11) is 1.35. The summed E-state index contributed by atoms with van der Waals surface area (Å²) in [6, 6.07) is 14.2. The fraction of sp³-hybridized carbons (Fsp3) is 0.167. The summed E-state index contributed by atoms with van der Waals surface area (Å²) in [6.07, 6.45) is 2.20.